The minimum atomic E-state index is -0.229. The second-order valence-electron chi connectivity index (χ2n) is 8.69. The summed E-state index contributed by atoms with van der Waals surface area (Å²) < 4.78 is 0. The van der Waals surface area contributed by atoms with Gasteiger partial charge in [0, 0.05) is 12.2 Å². The number of hydrogen-bond donors (Lipinski definition) is 2. The summed E-state index contributed by atoms with van der Waals surface area (Å²) in [7, 11) is 1.90. The van der Waals surface area contributed by atoms with E-state index in [1.165, 1.54) is 5.56 Å². The minimum Gasteiger partial charge on any atom is -0.346 e. The molecule has 0 saturated heterocycles. The molecule has 2 N–H and O–H groups in total. The van der Waals surface area contributed by atoms with Gasteiger partial charge < -0.3 is 10.6 Å². The van der Waals surface area contributed by atoms with Gasteiger partial charge in [-0.25, -0.2) is 0 Å². The maximum absolute atomic E-state index is 12.2. The SMILES string of the molecule is Cc1cccc(NC(=O)CNC(=O)CN(C)Cc2ccc(C(C)(C)C)cc2)c1C. The number of hydrogen-bond acceptors (Lipinski definition) is 3. The second kappa shape index (κ2) is 9.70. The maximum Gasteiger partial charge on any atom is 0.243 e. The van der Waals surface area contributed by atoms with Crippen molar-refractivity contribution in [3.63, 3.8) is 0 Å². The average molecular weight is 396 g/mol. The van der Waals surface area contributed by atoms with Crippen LogP contribution in [-0.4, -0.2) is 36.9 Å². The zero-order valence-corrected chi connectivity index (χ0v) is 18.4. The zero-order valence-electron chi connectivity index (χ0n) is 18.4. The Bertz CT molecular complexity index is 851. The number of nitrogens with one attached hydrogen (secondary N) is 2. The van der Waals surface area contributed by atoms with Crippen LogP contribution in [0.2, 0.25) is 0 Å². The van der Waals surface area contributed by atoms with Crippen molar-refractivity contribution in [2.45, 2.75) is 46.6 Å². The molecule has 5 nitrogen and oxygen atoms in total. The van der Waals surface area contributed by atoms with Crippen molar-refractivity contribution in [3.8, 4) is 0 Å². The van der Waals surface area contributed by atoms with Crippen LogP contribution in [-0.2, 0) is 21.5 Å². The fraction of sp³-hybridized carbons (Fsp3) is 0.417. The lowest BCUT2D eigenvalue weighted by atomic mass is 9.87. The van der Waals surface area contributed by atoms with Crippen LogP contribution in [0.5, 0.6) is 0 Å². The number of anilines is 1. The van der Waals surface area contributed by atoms with Crippen LogP contribution < -0.4 is 10.6 Å². The van der Waals surface area contributed by atoms with Crippen LogP contribution in [0.15, 0.2) is 42.5 Å². The number of carbonyl (C=O) groups excluding carboxylic acids is 2. The molecule has 2 aromatic carbocycles. The summed E-state index contributed by atoms with van der Waals surface area (Å²) in [5, 5.41) is 5.54. The Balaban J connectivity index is 1.78. The molecule has 0 spiro atoms. The highest BCUT2D eigenvalue weighted by molar-refractivity contribution is 5.95. The third-order valence-corrected chi connectivity index (χ3v) is 5.01. The Morgan fingerprint density at radius 3 is 2.24 bits per heavy atom. The first-order chi connectivity index (χ1) is 13.6. The summed E-state index contributed by atoms with van der Waals surface area (Å²) in [4.78, 5) is 26.2. The molecule has 0 heterocycles. The number of nitrogens with zero attached hydrogens (tertiary/aromatic N) is 1. The van der Waals surface area contributed by atoms with Gasteiger partial charge in [0.25, 0.3) is 0 Å². The van der Waals surface area contributed by atoms with E-state index in [0.29, 0.717) is 6.54 Å². The first kappa shape index (κ1) is 22.6. The Morgan fingerprint density at radius 2 is 1.62 bits per heavy atom. The monoisotopic (exact) mass is 395 g/mol. The number of carbonyl (C=O) groups is 2. The Kier molecular flexibility index (Phi) is 7.57. The van der Waals surface area contributed by atoms with Gasteiger partial charge >= 0.3 is 0 Å². The van der Waals surface area contributed by atoms with Crippen molar-refractivity contribution >= 4 is 17.5 Å². The smallest absolute Gasteiger partial charge is 0.243 e. The fourth-order valence-corrected chi connectivity index (χ4v) is 3.04. The van der Waals surface area contributed by atoms with E-state index in [-0.39, 0.29) is 30.3 Å². The molecule has 0 atom stereocenters. The van der Waals surface area contributed by atoms with Crippen molar-refractivity contribution < 1.29 is 9.59 Å². The second-order valence-corrected chi connectivity index (χ2v) is 8.69. The normalized spacial score (nSPS) is 11.4. The highest BCUT2D eigenvalue weighted by Crippen LogP contribution is 2.22. The molecule has 0 aliphatic carbocycles. The molecule has 0 aliphatic heterocycles. The lowest BCUT2D eigenvalue weighted by molar-refractivity contribution is -0.124. The third kappa shape index (κ3) is 7.02. The van der Waals surface area contributed by atoms with Gasteiger partial charge in [-0.2, -0.15) is 0 Å². The molecule has 2 rings (SSSR count). The molecule has 0 aliphatic rings. The largest absolute Gasteiger partial charge is 0.346 e. The van der Waals surface area contributed by atoms with Gasteiger partial charge in [-0.15, -0.1) is 0 Å². The van der Waals surface area contributed by atoms with Gasteiger partial charge in [0.1, 0.15) is 0 Å². The summed E-state index contributed by atoms with van der Waals surface area (Å²) >= 11 is 0. The zero-order chi connectivity index (χ0) is 21.6. The van der Waals surface area contributed by atoms with E-state index in [2.05, 4.69) is 55.7 Å². The fourth-order valence-electron chi connectivity index (χ4n) is 3.04. The molecule has 0 radical (unpaired) electrons. The van der Waals surface area contributed by atoms with E-state index in [1.807, 2.05) is 44.0 Å². The Labute approximate surface area is 174 Å². The van der Waals surface area contributed by atoms with Crippen molar-refractivity contribution in [2.24, 2.45) is 0 Å². The van der Waals surface area contributed by atoms with E-state index in [4.69, 9.17) is 0 Å². The van der Waals surface area contributed by atoms with Crippen molar-refractivity contribution in [1.82, 2.24) is 10.2 Å². The van der Waals surface area contributed by atoms with Gasteiger partial charge in [0.05, 0.1) is 13.1 Å². The standard InChI is InChI=1S/C24H33N3O2/c1-17-8-7-9-21(18(17)2)26-22(28)14-25-23(29)16-27(6)15-19-10-12-20(13-11-19)24(3,4)5/h7-13H,14-16H2,1-6H3,(H,25,29)(H,26,28). The maximum atomic E-state index is 12.2. The van der Waals surface area contributed by atoms with Gasteiger partial charge in [-0.1, -0.05) is 57.2 Å². The van der Waals surface area contributed by atoms with Crippen LogP contribution in [0, 0.1) is 13.8 Å². The Morgan fingerprint density at radius 1 is 0.966 bits per heavy atom. The van der Waals surface area contributed by atoms with E-state index >= 15 is 0 Å². The highest BCUT2D eigenvalue weighted by atomic mass is 16.2. The van der Waals surface area contributed by atoms with E-state index < -0.39 is 0 Å². The van der Waals surface area contributed by atoms with Crippen LogP contribution >= 0.6 is 0 Å². The quantitative estimate of drug-likeness (QED) is 0.750. The predicted molar refractivity (Wildman–Crippen MR) is 119 cm³/mol. The highest BCUT2D eigenvalue weighted by Gasteiger charge is 2.14. The molecule has 0 saturated carbocycles. The average Bonchev–Trinajstić information content (AvgIpc) is 2.63. The first-order valence-electron chi connectivity index (χ1n) is 9.97. The molecule has 2 aromatic rings. The van der Waals surface area contributed by atoms with Crippen LogP contribution in [0.25, 0.3) is 0 Å². The van der Waals surface area contributed by atoms with Gasteiger partial charge in [0.15, 0.2) is 0 Å². The third-order valence-electron chi connectivity index (χ3n) is 5.01. The molecular formula is C24H33N3O2. The lowest BCUT2D eigenvalue weighted by Crippen LogP contribution is -2.39. The molecule has 0 aromatic heterocycles. The number of likely N-dealkylation sites (N-methyl/N-ethyl adjacent to an activating group) is 1. The van der Waals surface area contributed by atoms with Crippen LogP contribution in [0.3, 0.4) is 0 Å². The lowest BCUT2D eigenvalue weighted by Gasteiger charge is -2.20. The van der Waals surface area contributed by atoms with Crippen LogP contribution in [0.4, 0.5) is 5.69 Å². The molecule has 0 unspecified atom stereocenters. The molecular weight excluding hydrogens is 362 g/mol. The van der Waals surface area contributed by atoms with Crippen molar-refractivity contribution in [2.75, 3.05) is 25.5 Å². The summed E-state index contributed by atoms with van der Waals surface area (Å²) in [5.41, 5.74) is 5.49. The summed E-state index contributed by atoms with van der Waals surface area (Å²) in [6.45, 7) is 11.4. The first-order valence-corrected chi connectivity index (χ1v) is 9.97. The van der Waals surface area contributed by atoms with E-state index in [0.717, 1.165) is 22.4 Å². The summed E-state index contributed by atoms with van der Waals surface area (Å²) in [6, 6.07) is 14.3. The molecule has 29 heavy (non-hydrogen) atoms. The van der Waals surface area contributed by atoms with Gasteiger partial charge in [-0.05, 0) is 54.6 Å². The van der Waals surface area contributed by atoms with Crippen molar-refractivity contribution in [1.29, 1.82) is 0 Å². The molecule has 156 valence electrons. The van der Waals surface area contributed by atoms with Crippen molar-refractivity contribution in [3.05, 3.63) is 64.7 Å². The molecule has 2 amide bonds. The Hall–Kier alpha value is -2.66. The van der Waals surface area contributed by atoms with Crippen LogP contribution in [0.1, 0.15) is 43.0 Å². The van der Waals surface area contributed by atoms with E-state index in [1.54, 1.807) is 0 Å². The minimum absolute atomic E-state index is 0.0413. The van der Waals surface area contributed by atoms with Gasteiger partial charge in [-0.3, -0.25) is 14.5 Å². The predicted octanol–water partition coefficient (Wildman–Crippen LogP) is 3.79. The topological polar surface area (TPSA) is 61.4 Å². The summed E-state index contributed by atoms with van der Waals surface area (Å²) in [5.74, 6) is -0.401. The van der Waals surface area contributed by atoms with Gasteiger partial charge in [0.2, 0.25) is 11.8 Å². The number of benzene rings is 2. The molecule has 0 fully saturated rings. The summed E-state index contributed by atoms with van der Waals surface area (Å²) in [6.07, 6.45) is 0. The van der Waals surface area contributed by atoms with E-state index in [9.17, 15) is 9.59 Å². The molecule has 0 bridgehead atoms. The number of rotatable bonds is 7. The number of amides is 2. The number of aryl methyl sites for hydroxylation is 1. The molecule has 5 heteroatoms.